The van der Waals surface area contributed by atoms with Crippen molar-refractivity contribution in [3.8, 4) is 0 Å². The van der Waals surface area contributed by atoms with Crippen LogP contribution in [0.25, 0.3) is 27.9 Å². The number of Topliss-reactive ketones (excluding diaryl/α,β-unsaturated/α-hetero) is 1. The van der Waals surface area contributed by atoms with Crippen molar-refractivity contribution in [2.75, 3.05) is 13.2 Å². The lowest BCUT2D eigenvalue weighted by Crippen LogP contribution is -2.38. The molecule has 1 aliphatic rings. The summed E-state index contributed by atoms with van der Waals surface area (Å²) in [5.74, 6) is 0.721. The molecule has 3 aromatic rings. The highest BCUT2D eigenvalue weighted by atomic mass is 28.3. The molecular weight excluding hydrogens is 400 g/mol. The summed E-state index contributed by atoms with van der Waals surface area (Å²) in [6.07, 6.45) is 4.73. The Balaban J connectivity index is 1.77. The highest BCUT2D eigenvalue weighted by Crippen LogP contribution is 2.32. The van der Waals surface area contributed by atoms with Crippen molar-refractivity contribution in [2.24, 2.45) is 0 Å². The Bertz CT molecular complexity index is 1260. The lowest BCUT2D eigenvalue weighted by molar-refractivity contribution is -0.112. The van der Waals surface area contributed by atoms with Crippen LogP contribution in [0.15, 0.2) is 72.2 Å². The topological polar surface area (TPSA) is 34.5 Å². The number of benzene rings is 2. The average Bonchev–Trinajstić information content (AvgIpc) is 3.16. The van der Waals surface area contributed by atoms with Crippen molar-refractivity contribution in [3.63, 3.8) is 0 Å². The molecule has 0 radical (unpaired) electrons. The Morgan fingerprint density at radius 2 is 1.77 bits per heavy atom. The molecule has 2 aromatic carbocycles. The zero-order chi connectivity index (χ0) is 22.3. The molecule has 0 spiro atoms. The molecule has 4 rings (SSSR count). The maximum Gasteiger partial charge on any atom is 0.231 e. The molecule has 0 aliphatic carbocycles. The van der Waals surface area contributed by atoms with E-state index in [-0.39, 0.29) is 5.78 Å². The van der Waals surface area contributed by atoms with E-state index >= 15 is 0 Å². The van der Waals surface area contributed by atoms with Crippen LogP contribution >= 0.6 is 0 Å². The van der Waals surface area contributed by atoms with E-state index in [4.69, 9.17) is 4.74 Å². The summed E-state index contributed by atoms with van der Waals surface area (Å²) < 4.78 is 8.10. The van der Waals surface area contributed by atoms with E-state index < -0.39 is 8.07 Å². The number of hydrogen-bond donors (Lipinski definition) is 0. The van der Waals surface area contributed by atoms with Crippen LogP contribution in [0, 0.1) is 0 Å². The van der Waals surface area contributed by atoms with Gasteiger partial charge >= 0.3 is 0 Å². The van der Waals surface area contributed by atoms with E-state index in [0.29, 0.717) is 17.1 Å². The van der Waals surface area contributed by atoms with Crippen LogP contribution in [-0.4, -0.2) is 36.5 Å². The van der Waals surface area contributed by atoms with E-state index in [1.165, 1.54) is 21.8 Å². The van der Waals surface area contributed by atoms with Gasteiger partial charge < -0.3 is 9.30 Å². The molecule has 0 saturated carbocycles. The molecule has 0 unspecified atom stereocenters. The number of carbonyl (C=O) groups excluding carboxylic acids is 1. The first-order valence-corrected chi connectivity index (χ1v) is 14.4. The largest absolute Gasteiger partial charge is 0.453 e. The first kappa shape index (κ1) is 21.3. The Kier molecular flexibility index (Phi) is 5.50. The molecular formula is C26H30N2O2Si. The average molecular weight is 431 g/mol. The second-order valence-corrected chi connectivity index (χ2v) is 14.9. The Hall–Kier alpha value is -2.89. The van der Waals surface area contributed by atoms with E-state index in [0.717, 1.165) is 18.4 Å². The van der Waals surface area contributed by atoms with E-state index in [1.54, 1.807) is 6.08 Å². The van der Waals surface area contributed by atoms with Crippen LogP contribution in [0.2, 0.25) is 19.6 Å². The van der Waals surface area contributed by atoms with Gasteiger partial charge in [0, 0.05) is 10.8 Å². The van der Waals surface area contributed by atoms with Crippen molar-refractivity contribution in [2.45, 2.75) is 33.2 Å². The third-order valence-corrected chi connectivity index (χ3v) is 6.99. The number of aromatic nitrogens is 1. The summed E-state index contributed by atoms with van der Waals surface area (Å²) in [5.41, 5.74) is 3.78. The van der Waals surface area contributed by atoms with Gasteiger partial charge in [-0.1, -0.05) is 50.5 Å². The zero-order valence-electron chi connectivity index (χ0n) is 19.0. The van der Waals surface area contributed by atoms with Gasteiger partial charge in [0.05, 0.1) is 31.3 Å². The zero-order valence-corrected chi connectivity index (χ0v) is 20.0. The highest BCUT2D eigenvalue weighted by molar-refractivity contribution is 6.76. The van der Waals surface area contributed by atoms with Crippen LogP contribution in [0.5, 0.6) is 0 Å². The first-order chi connectivity index (χ1) is 14.7. The standard InChI is InChI=1S/C26H30N2O2Si/c1-7-24-18(2)26(29)25(30-24)15-19-12-13-23-21(14-19)20-10-8-9-11-22(20)28(23)16-27(3)17-31(4,5)6/h7-15H,2,16-17H2,1,3-6H3/b24-7-,25-15+. The fraction of sp³-hybridized carbons (Fsp3) is 0.269. The number of ether oxygens (including phenoxy) is 1. The van der Waals surface area contributed by atoms with E-state index in [1.807, 2.05) is 13.0 Å². The maximum absolute atomic E-state index is 12.5. The molecule has 2 heterocycles. The summed E-state index contributed by atoms with van der Waals surface area (Å²) in [4.78, 5) is 14.9. The lowest BCUT2D eigenvalue weighted by Gasteiger charge is -2.26. The van der Waals surface area contributed by atoms with Crippen molar-refractivity contribution < 1.29 is 9.53 Å². The predicted octanol–water partition coefficient (Wildman–Crippen LogP) is 5.96. The minimum Gasteiger partial charge on any atom is -0.453 e. The van der Waals surface area contributed by atoms with Gasteiger partial charge in [-0.3, -0.25) is 9.69 Å². The van der Waals surface area contributed by atoms with Gasteiger partial charge in [0.1, 0.15) is 5.76 Å². The monoisotopic (exact) mass is 430 g/mol. The normalized spacial score (nSPS) is 17.6. The summed E-state index contributed by atoms with van der Waals surface area (Å²) in [7, 11) is 1.01. The lowest BCUT2D eigenvalue weighted by atomic mass is 10.1. The number of carbonyl (C=O) groups is 1. The first-order valence-electron chi connectivity index (χ1n) is 10.7. The van der Waals surface area contributed by atoms with Crippen LogP contribution in [-0.2, 0) is 16.2 Å². The van der Waals surface area contributed by atoms with Crippen LogP contribution in [0.4, 0.5) is 0 Å². The third-order valence-electron chi connectivity index (χ3n) is 5.50. The second-order valence-electron chi connectivity index (χ2n) is 9.51. The Labute approximate surface area is 185 Å². The Morgan fingerprint density at radius 3 is 2.45 bits per heavy atom. The highest BCUT2D eigenvalue weighted by Gasteiger charge is 2.28. The number of rotatable bonds is 5. The van der Waals surface area contributed by atoms with Crippen molar-refractivity contribution in [3.05, 3.63) is 77.8 Å². The fourth-order valence-corrected chi connectivity index (χ4v) is 6.10. The second kappa shape index (κ2) is 7.98. The fourth-order valence-electron chi connectivity index (χ4n) is 4.38. The van der Waals surface area contributed by atoms with Gasteiger partial charge in [-0.25, -0.2) is 0 Å². The molecule has 0 amide bonds. The molecule has 5 heteroatoms. The SMILES string of the molecule is C=C1C(=O)/C(=C\c2ccc3c(c2)c2ccccc2n3CN(C)C[Si](C)(C)C)O/C1=C\C. The number of para-hydroxylation sites is 1. The molecule has 1 fully saturated rings. The van der Waals surface area contributed by atoms with Crippen molar-refractivity contribution in [1.29, 1.82) is 0 Å². The maximum atomic E-state index is 12.5. The van der Waals surface area contributed by atoms with Crippen LogP contribution in [0.3, 0.4) is 0 Å². The molecule has 31 heavy (non-hydrogen) atoms. The van der Waals surface area contributed by atoms with Crippen molar-refractivity contribution in [1.82, 2.24) is 9.47 Å². The molecule has 0 N–H and O–H groups in total. The molecule has 1 aromatic heterocycles. The molecule has 160 valence electrons. The number of ketones is 1. The number of hydrogen-bond acceptors (Lipinski definition) is 3. The summed E-state index contributed by atoms with van der Waals surface area (Å²) in [6, 6.07) is 14.9. The quantitative estimate of drug-likeness (QED) is 0.370. The van der Waals surface area contributed by atoms with E-state index in [2.05, 4.69) is 85.2 Å². The minimum absolute atomic E-state index is 0.149. The van der Waals surface area contributed by atoms with Gasteiger partial charge in [-0.2, -0.15) is 0 Å². The molecule has 1 saturated heterocycles. The van der Waals surface area contributed by atoms with E-state index in [9.17, 15) is 4.79 Å². The molecule has 4 nitrogen and oxygen atoms in total. The minimum atomic E-state index is -1.19. The van der Waals surface area contributed by atoms with Crippen LogP contribution in [0.1, 0.15) is 12.5 Å². The molecule has 1 aliphatic heterocycles. The van der Waals surface area contributed by atoms with Gasteiger partial charge in [-0.15, -0.1) is 0 Å². The number of fused-ring (bicyclic) bond motifs is 3. The summed E-state index contributed by atoms with van der Waals surface area (Å²) in [6.45, 7) is 13.7. The predicted molar refractivity (Wildman–Crippen MR) is 132 cm³/mol. The molecule has 0 bridgehead atoms. The number of nitrogens with zero attached hydrogens (tertiary/aromatic N) is 2. The number of allylic oxidation sites excluding steroid dienone is 3. The molecule has 0 atom stereocenters. The third kappa shape index (κ3) is 4.16. The van der Waals surface area contributed by atoms with Gasteiger partial charge in [-0.05, 0) is 56.1 Å². The smallest absolute Gasteiger partial charge is 0.231 e. The van der Waals surface area contributed by atoms with Gasteiger partial charge in [0.15, 0.2) is 5.76 Å². The van der Waals surface area contributed by atoms with Gasteiger partial charge in [0.2, 0.25) is 5.78 Å². The Morgan fingerprint density at radius 1 is 1.06 bits per heavy atom. The van der Waals surface area contributed by atoms with Crippen LogP contribution < -0.4 is 0 Å². The van der Waals surface area contributed by atoms with Gasteiger partial charge in [0.25, 0.3) is 0 Å². The van der Waals surface area contributed by atoms with Crippen molar-refractivity contribution >= 4 is 41.7 Å². The summed E-state index contributed by atoms with van der Waals surface area (Å²) >= 11 is 0. The summed E-state index contributed by atoms with van der Waals surface area (Å²) in [5, 5.41) is 2.40.